The SMILES string of the molecule is Cc1c(C#N)c(NC(=O)COC(=O)CN2C(=O)C3CC=CCC3C2=O)n(C2CCCC2)c1C. The van der Waals surface area contributed by atoms with Crippen LogP contribution in [0, 0.1) is 37.0 Å². The van der Waals surface area contributed by atoms with E-state index in [4.69, 9.17) is 4.74 Å². The molecule has 0 spiro atoms. The number of nitrogens with zero attached hydrogens (tertiary/aromatic N) is 3. The Labute approximate surface area is 192 Å². The minimum atomic E-state index is -0.822. The Balaban J connectivity index is 1.38. The summed E-state index contributed by atoms with van der Waals surface area (Å²) in [5.41, 5.74) is 2.16. The van der Waals surface area contributed by atoms with Crippen LogP contribution >= 0.6 is 0 Å². The van der Waals surface area contributed by atoms with Crippen LogP contribution in [0.5, 0.6) is 0 Å². The predicted octanol–water partition coefficient (Wildman–Crippen LogP) is 2.52. The number of fused-ring (bicyclic) bond motifs is 1. The van der Waals surface area contributed by atoms with Crippen molar-refractivity contribution in [3.63, 3.8) is 0 Å². The second-order valence-electron chi connectivity index (χ2n) is 8.98. The van der Waals surface area contributed by atoms with E-state index in [9.17, 15) is 24.4 Å². The molecule has 33 heavy (non-hydrogen) atoms. The summed E-state index contributed by atoms with van der Waals surface area (Å²) in [6, 6.07) is 2.39. The summed E-state index contributed by atoms with van der Waals surface area (Å²) in [5, 5.41) is 12.4. The van der Waals surface area contributed by atoms with E-state index in [2.05, 4.69) is 11.4 Å². The van der Waals surface area contributed by atoms with E-state index in [1.54, 1.807) is 0 Å². The van der Waals surface area contributed by atoms with Gasteiger partial charge in [0.05, 0.1) is 17.4 Å². The molecule has 1 N–H and O–H groups in total. The van der Waals surface area contributed by atoms with E-state index in [-0.39, 0.29) is 17.9 Å². The molecule has 1 aromatic heterocycles. The van der Waals surface area contributed by atoms with Crippen LogP contribution in [0.2, 0.25) is 0 Å². The highest BCUT2D eigenvalue weighted by Gasteiger charge is 2.47. The summed E-state index contributed by atoms with van der Waals surface area (Å²) >= 11 is 0. The lowest BCUT2D eigenvalue weighted by atomic mass is 9.85. The quantitative estimate of drug-likeness (QED) is 0.402. The lowest BCUT2D eigenvalue weighted by Gasteiger charge is -2.19. The van der Waals surface area contributed by atoms with Crippen molar-refractivity contribution >= 4 is 29.5 Å². The van der Waals surface area contributed by atoms with E-state index in [1.807, 2.05) is 30.6 Å². The highest BCUT2D eigenvalue weighted by molar-refractivity contribution is 6.07. The normalized spacial score (nSPS) is 22.4. The highest BCUT2D eigenvalue weighted by Crippen LogP contribution is 2.38. The number of hydrogen-bond acceptors (Lipinski definition) is 6. The predicted molar refractivity (Wildman–Crippen MR) is 118 cm³/mol. The summed E-state index contributed by atoms with van der Waals surface area (Å²) < 4.78 is 7.07. The molecule has 0 bridgehead atoms. The van der Waals surface area contributed by atoms with Crippen molar-refractivity contribution in [2.24, 2.45) is 11.8 Å². The number of nitrogens with one attached hydrogen (secondary N) is 1. The Morgan fingerprint density at radius 3 is 2.30 bits per heavy atom. The van der Waals surface area contributed by atoms with Crippen LogP contribution in [0.15, 0.2) is 12.2 Å². The number of carbonyl (C=O) groups is 4. The number of likely N-dealkylation sites (tertiary alicyclic amines) is 1. The fourth-order valence-corrected chi connectivity index (χ4v) is 5.22. The molecule has 2 unspecified atom stereocenters. The first kappa shape index (κ1) is 22.8. The van der Waals surface area contributed by atoms with Crippen molar-refractivity contribution in [2.45, 2.75) is 58.4 Å². The molecule has 1 aliphatic heterocycles. The van der Waals surface area contributed by atoms with E-state index in [0.717, 1.165) is 41.8 Å². The summed E-state index contributed by atoms with van der Waals surface area (Å²) in [6.45, 7) is 2.72. The molecule has 9 nitrogen and oxygen atoms in total. The Morgan fingerprint density at radius 1 is 1.12 bits per heavy atom. The van der Waals surface area contributed by atoms with Crippen LogP contribution in [0.25, 0.3) is 0 Å². The summed E-state index contributed by atoms with van der Waals surface area (Å²) in [5.74, 6) is -2.53. The third-order valence-corrected chi connectivity index (χ3v) is 7.07. The fraction of sp³-hybridized carbons (Fsp3) is 0.542. The number of aromatic nitrogens is 1. The molecule has 3 aliphatic rings. The molecule has 1 aromatic rings. The van der Waals surface area contributed by atoms with Crippen LogP contribution in [-0.4, -0.2) is 46.3 Å². The van der Waals surface area contributed by atoms with Crippen LogP contribution in [0.3, 0.4) is 0 Å². The van der Waals surface area contributed by atoms with Crippen molar-refractivity contribution in [1.82, 2.24) is 9.47 Å². The van der Waals surface area contributed by atoms with Gasteiger partial charge in [0.2, 0.25) is 11.8 Å². The number of rotatable bonds is 6. The van der Waals surface area contributed by atoms with Gasteiger partial charge in [-0.3, -0.25) is 24.1 Å². The van der Waals surface area contributed by atoms with Gasteiger partial charge < -0.3 is 14.6 Å². The van der Waals surface area contributed by atoms with Crippen LogP contribution in [0.1, 0.15) is 61.4 Å². The van der Waals surface area contributed by atoms with Crippen molar-refractivity contribution in [3.8, 4) is 6.07 Å². The van der Waals surface area contributed by atoms with E-state index in [0.29, 0.717) is 24.2 Å². The first-order valence-electron chi connectivity index (χ1n) is 11.4. The maximum Gasteiger partial charge on any atom is 0.326 e. The molecule has 4 rings (SSSR count). The van der Waals surface area contributed by atoms with Gasteiger partial charge in [0.15, 0.2) is 6.61 Å². The molecule has 0 radical (unpaired) electrons. The van der Waals surface area contributed by atoms with Crippen molar-refractivity contribution < 1.29 is 23.9 Å². The van der Waals surface area contributed by atoms with Crippen molar-refractivity contribution in [1.29, 1.82) is 5.26 Å². The smallest absolute Gasteiger partial charge is 0.326 e. The minimum absolute atomic E-state index is 0.217. The largest absolute Gasteiger partial charge is 0.454 e. The molecule has 1 saturated heterocycles. The number of carbonyl (C=O) groups excluding carboxylic acids is 4. The Bertz CT molecular complexity index is 1050. The number of amides is 3. The van der Waals surface area contributed by atoms with Crippen LogP contribution in [0.4, 0.5) is 5.82 Å². The van der Waals surface area contributed by atoms with Gasteiger partial charge >= 0.3 is 5.97 Å². The lowest BCUT2D eigenvalue weighted by Crippen LogP contribution is -2.37. The van der Waals surface area contributed by atoms with Crippen LogP contribution in [-0.2, 0) is 23.9 Å². The third kappa shape index (κ3) is 4.17. The van der Waals surface area contributed by atoms with Gasteiger partial charge in [0, 0.05) is 11.7 Å². The average molecular weight is 453 g/mol. The molecular weight excluding hydrogens is 424 g/mol. The van der Waals surface area contributed by atoms with Crippen molar-refractivity contribution in [3.05, 3.63) is 29.0 Å². The number of allylic oxidation sites excluding steroid dienone is 2. The highest BCUT2D eigenvalue weighted by atomic mass is 16.5. The number of esters is 1. The van der Waals surface area contributed by atoms with E-state index < -0.39 is 36.9 Å². The molecule has 1 saturated carbocycles. The molecule has 3 amide bonds. The zero-order valence-electron chi connectivity index (χ0n) is 18.9. The Kier molecular flexibility index (Phi) is 6.36. The number of imide groups is 1. The fourth-order valence-electron chi connectivity index (χ4n) is 5.22. The zero-order chi connectivity index (χ0) is 23.7. The number of anilines is 1. The average Bonchev–Trinajstić information content (AvgIpc) is 3.47. The number of ether oxygens (including phenoxy) is 1. The third-order valence-electron chi connectivity index (χ3n) is 7.07. The van der Waals surface area contributed by atoms with Crippen LogP contribution < -0.4 is 5.32 Å². The molecule has 2 atom stereocenters. The number of nitriles is 1. The first-order chi connectivity index (χ1) is 15.8. The molecule has 2 aliphatic carbocycles. The monoisotopic (exact) mass is 452 g/mol. The molecule has 174 valence electrons. The lowest BCUT2D eigenvalue weighted by molar-refractivity contribution is -0.154. The van der Waals surface area contributed by atoms with Gasteiger partial charge in [-0.15, -0.1) is 0 Å². The minimum Gasteiger partial charge on any atom is -0.454 e. The summed E-state index contributed by atoms with van der Waals surface area (Å²) in [6.07, 6.45) is 8.88. The maximum atomic E-state index is 12.6. The second-order valence-corrected chi connectivity index (χ2v) is 8.98. The topological polar surface area (TPSA) is 122 Å². The van der Waals surface area contributed by atoms with Gasteiger partial charge in [-0.2, -0.15) is 5.26 Å². The van der Waals surface area contributed by atoms with E-state index in [1.165, 1.54) is 0 Å². The molecule has 2 heterocycles. The van der Waals surface area contributed by atoms with Gasteiger partial charge in [-0.25, -0.2) is 0 Å². The Morgan fingerprint density at radius 2 is 1.73 bits per heavy atom. The summed E-state index contributed by atoms with van der Waals surface area (Å²) in [7, 11) is 0. The standard InChI is InChI=1S/C24H28N4O5/c1-14-15(2)28(16-7-3-4-8-16)22(19(14)11-25)26-20(29)13-33-21(30)12-27-23(31)17-9-5-6-10-18(17)24(27)32/h5-6,16-18H,3-4,7-10,12-13H2,1-2H3,(H,26,29). The molecule has 2 fully saturated rings. The van der Waals surface area contributed by atoms with Gasteiger partial charge in [-0.1, -0.05) is 25.0 Å². The first-order valence-corrected chi connectivity index (χ1v) is 11.4. The molecular formula is C24H28N4O5. The second kappa shape index (κ2) is 9.22. The number of hydrogen-bond donors (Lipinski definition) is 1. The molecule has 9 heteroatoms. The van der Waals surface area contributed by atoms with Gasteiger partial charge in [0.25, 0.3) is 5.91 Å². The zero-order valence-corrected chi connectivity index (χ0v) is 18.9. The summed E-state index contributed by atoms with van der Waals surface area (Å²) in [4.78, 5) is 50.8. The van der Waals surface area contributed by atoms with E-state index >= 15 is 0 Å². The molecule has 0 aromatic carbocycles. The van der Waals surface area contributed by atoms with Gasteiger partial charge in [-0.05, 0) is 45.1 Å². The Hall–Kier alpha value is -3.41. The maximum absolute atomic E-state index is 12.6. The van der Waals surface area contributed by atoms with Gasteiger partial charge in [0.1, 0.15) is 18.4 Å². The van der Waals surface area contributed by atoms with Crippen molar-refractivity contribution in [2.75, 3.05) is 18.5 Å².